The fourth-order valence-corrected chi connectivity index (χ4v) is 1.79. The summed E-state index contributed by atoms with van der Waals surface area (Å²) in [4.78, 5) is 6.79. The summed E-state index contributed by atoms with van der Waals surface area (Å²) in [5.74, 6) is 0.812. The molecule has 4 nitrogen and oxygen atoms in total. The number of halogens is 2. The maximum atomic E-state index is 6.16. The summed E-state index contributed by atoms with van der Waals surface area (Å²) in [5.41, 5.74) is 1.09. The number of nitrogens with one attached hydrogen (secondary N) is 2. The molecule has 1 aromatic rings. The van der Waals surface area contributed by atoms with E-state index in [-0.39, 0.29) is 29.5 Å². The van der Waals surface area contributed by atoms with Gasteiger partial charge in [0.25, 0.3) is 0 Å². The maximum Gasteiger partial charge on any atom is 0.191 e. The largest absolute Gasteiger partial charge is 0.357 e. The van der Waals surface area contributed by atoms with Crippen molar-refractivity contribution in [1.29, 1.82) is 0 Å². The van der Waals surface area contributed by atoms with E-state index >= 15 is 0 Å². The molecule has 0 aliphatic carbocycles. The van der Waals surface area contributed by atoms with Crippen LogP contribution in [0.25, 0.3) is 0 Å². The van der Waals surface area contributed by atoms with Crippen molar-refractivity contribution in [2.75, 3.05) is 27.2 Å². The van der Waals surface area contributed by atoms with Crippen LogP contribution in [-0.2, 0) is 6.54 Å². The number of likely N-dealkylation sites (N-methyl/N-ethyl adjacent to an activating group) is 1. The quantitative estimate of drug-likeness (QED) is 0.406. The van der Waals surface area contributed by atoms with E-state index in [4.69, 9.17) is 11.6 Å². The Labute approximate surface area is 156 Å². The first kappa shape index (κ1) is 21.5. The molecule has 0 unspecified atom stereocenters. The molecule has 0 fully saturated rings. The first-order valence-corrected chi connectivity index (χ1v) is 7.67. The number of benzene rings is 1. The lowest BCUT2D eigenvalue weighted by Crippen LogP contribution is -2.50. The van der Waals surface area contributed by atoms with Gasteiger partial charge in [-0.1, -0.05) is 29.8 Å². The van der Waals surface area contributed by atoms with Crippen molar-refractivity contribution in [1.82, 2.24) is 15.5 Å². The molecule has 0 radical (unpaired) electrons. The molecule has 126 valence electrons. The van der Waals surface area contributed by atoms with E-state index in [1.807, 2.05) is 24.3 Å². The molecule has 0 spiro atoms. The zero-order chi connectivity index (χ0) is 15.9. The lowest BCUT2D eigenvalue weighted by Gasteiger charge is -2.33. The van der Waals surface area contributed by atoms with Crippen LogP contribution in [-0.4, -0.2) is 43.6 Å². The number of rotatable bonds is 6. The van der Waals surface area contributed by atoms with Gasteiger partial charge in [0.2, 0.25) is 0 Å². The van der Waals surface area contributed by atoms with E-state index in [0.29, 0.717) is 6.54 Å². The Bertz CT molecular complexity index is 475. The van der Waals surface area contributed by atoms with Gasteiger partial charge in [0.1, 0.15) is 0 Å². The zero-order valence-corrected chi connectivity index (χ0v) is 17.2. The van der Waals surface area contributed by atoms with Crippen LogP contribution in [0.15, 0.2) is 29.3 Å². The van der Waals surface area contributed by atoms with Crippen LogP contribution in [0.4, 0.5) is 0 Å². The molecule has 0 bridgehead atoms. The Hall–Kier alpha value is -0.530. The Morgan fingerprint density at radius 1 is 1.23 bits per heavy atom. The summed E-state index contributed by atoms with van der Waals surface area (Å²) in [6.07, 6.45) is 0. The number of aliphatic imine (C=N–C) groups is 1. The van der Waals surface area contributed by atoms with Crippen molar-refractivity contribution in [2.45, 2.75) is 32.9 Å². The van der Waals surface area contributed by atoms with Gasteiger partial charge in [0.05, 0.1) is 6.54 Å². The average molecular weight is 439 g/mol. The van der Waals surface area contributed by atoms with Crippen LogP contribution in [0.1, 0.15) is 26.3 Å². The van der Waals surface area contributed by atoms with Gasteiger partial charge in [-0.3, -0.25) is 0 Å². The highest BCUT2D eigenvalue weighted by Gasteiger charge is 2.20. The van der Waals surface area contributed by atoms with Gasteiger partial charge in [-0.25, -0.2) is 4.99 Å². The number of guanidine groups is 1. The molecular formula is C16H28ClIN4. The molecule has 0 heterocycles. The molecule has 0 aliphatic heterocycles. The van der Waals surface area contributed by atoms with Crippen molar-refractivity contribution >= 4 is 41.5 Å². The van der Waals surface area contributed by atoms with Crippen molar-refractivity contribution in [3.8, 4) is 0 Å². The topological polar surface area (TPSA) is 39.7 Å². The molecule has 1 rings (SSSR count). The maximum absolute atomic E-state index is 6.16. The second kappa shape index (κ2) is 10.3. The lowest BCUT2D eigenvalue weighted by molar-refractivity contribution is 0.197. The second-order valence-electron chi connectivity index (χ2n) is 5.85. The van der Waals surface area contributed by atoms with Crippen LogP contribution in [0.2, 0.25) is 5.02 Å². The van der Waals surface area contributed by atoms with Gasteiger partial charge in [0, 0.05) is 23.7 Å². The van der Waals surface area contributed by atoms with Crippen molar-refractivity contribution in [2.24, 2.45) is 4.99 Å². The number of hydrogen-bond donors (Lipinski definition) is 2. The molecular weight excluding hydrogens is 411 g/mol. The molecule has 0 saturated carbocycles. The highest BCUT2D eigenvalue weighted by molar-refractivity contribution is 14.0. The Morgan fingerprint density at radius 2 is 1.86 bits per heavy atom. The van der Waals surface area contributed by atoms with E-state index < -0.39 is 0 Å². The van der Waals surface area contributed by atoms with E-state index in [1.165, 1.54) is 0 Å². The fourth-order valence-electron chi connectivity index (χ4n) is 1.59. The van der Waals surface area contributed by atoms with E-state index in [9.17, 15) is 0 Å². The van der Waals surface area contributed by atoms with Crippen LogP contribution >= 0.6 is 35.6 Å². The highest BCUT2D eigenvalue weighted by Crippen LogP contribution is 2.15. The molecule has 1 aromatic carbocycles. The minimum atomic E-state index is 0. The van der Waals surface area contributed by atoms with Crippen molar-refractivity contribution < 1.29 is 0 Å². The van der Waals surface area contributed by atoms with Gasteiger partial charge in [-0.15, -0.1) is 24.0 Å². The summed E-state index contributed by atoms with van der Waals surface area (Å²) in [6, 6.07) is 7.80. The predicted molar refractivity (Wildman–Crippen MR) is 107 cm³/mol. The Balaban J connectivity index is 0.00000441. The van der Waals surface area contributed by atoms with E-state index in [0.717, 1.165) is 29.6 Å². The van der Waals surface area contributed by atoms with Crippen LogP contribution in [0.3, 0.4) is 0 Å². The van der Waals surface area contributed by atoms with Crippen LogP contribution < -0.4 is 10.6 Å². The summed E-state index contributed by atoms with van der Waals surface area (Å²) in [5, 5.41) is 7.40. The van der Waals surface area contributed by atoms with Gasteiger partial charge < -0.3 is 15.5 Å². The normalized spacial score (nSPS) is 12.0. The molecule has 0 saturated heterocycles. The smallest absolute Gasteiger partial charge is 0.191 e. The van der Waals surface area contributed by atoms with Gasteiger partial charge in [-0.2, -0.15) is 0 Å². The molecule has 2 N–H and O–H groups in total. The predicted octanol–water partition coefficient (Wildman–Crippen LogP) is 3.35. The third-order valence-corrected chi connectivity index (χ3v) is 3.98. The van der Waals surface area contributed by atoms with Gasteiger partial charge in [0.15, 0.2) is 5.96 Å². The lowest BCUT2D eigenvalue weighted by atomic mass is 10.0. The van der Waals surface area contributed by atoms with E-state index in [1.54, 1.807) is 0 Å². The molecule has 0 aromatic heterocycles. The fraction of sp³-hybridized carbons (Fsp3) is 0.562. The monoisotopic (exact) mass is 438 g/mol. The first-order chi connectivity index (χ1) is 9.86. The molecule has 22 heavy (non-hydrogen) atoms. The molecule has 6 heteroatoms. The second-order valence-corrected chi connectivity index (χ2v) is 6.25. The SMILES string of the molecule is CCNC(=NCc1ccccc1Cl)NCC(C)(C)N(C)C.I. The molecule has 0 amide bonds. The summed E-state index contributed by atoms with van der Waals surface area (Å²) in [6.45, 7) is 8.65. The first-order valence-electron chi connectivity index (χ1n) is 7.30. The van der Waals surface area contributed by atoms with Gasteiger partial charge in [-0.05, 0) is 46.5 Å². The number of nitrogens with zero attached hydrogens (tertiary/aromatic N) is 2. The summed E-state index contributed by atoms with van der Waals surface area (Å²) < 4.78 is 0. The van der Waals surface area contributed by atoms with Crippen molar-refractivity contribution in [3.05, 3.63) is 34.9 Å². The third kappa shape index (κ3) is 7.15. The molecule has 0 aliphatic rings. The zero-order valence-electron chi connectivity index (χ0n) is 14.1. The number of hydrogen-bond acceptors (Lipinski definition) is 2. The van der Waals surface area contributed by atoms with Crippen LogP contribution in [0.5, 0.6) is 0 Å². The molecule has 0 atom stereocenters. The average Bonchev–Trinajstić information content (AvgIpc) is 2.43. The Morgan fingerprint density at radius 3 is 2.41 bits per heavy atom. The van der Waals surface area contributed by atoms with Crippen LogP contribution in [0, 0.1) is 0 Å². The van der Waals surface area contributed by atoms with Crippen molar-refractivity contribution in [3.63, 3.8) is 0 Å². The third-order valence-electron chi connectivity index (χ3n) is 3.61. The Kier molecular flexibility index (Phi) is 10.0. The highest BCUT2D eigenvalue weighted by atomic mass is 127. The summed E-state index contributed by atoms with van der Waals surface area (Å²) in [7, 11) is 4.16. The minimum absolute atomic E-state index is 0. The standard InChI is InChI=1S/C16H27ClN4.HI/c1-6-18-15(20-12-16(2,3)21(4)5)19-11-13-9-7-8-10-14(13)17;/h7-10H,6,11-12H2,1-5H3,(H2,18,19,20);1H. The van der Waals surface area contributed by atoms with E-state index in [2.05, 4.69) is 55.4 Å². The van der Waals surface area contributed by atoms with Gasteiger partial charge >= 0.3 is 0 Å². The minimum Gasteiger partial charge on any atom is -0.357 e. The summed E-state index contributed by atoms with van der Waals surface area (Å²) >= 11 is 6.16.